The van der Waals surface area contributed by atoms with E-state index in [9.17, 15) is 33.3 Å². The van der Waals surface area contributed by atoms with E-state index in [1.54, 1.807) is 0 Å². The Morgan fingerprint density at radius 1 is 0.789 bits per heavy atom. The number of carbonyl (C=O) groups is 6. The largest absolute Gasteiger partial charge is 0.524 e. The first kappa shape index (κ1) is 42.6. The molecule has 5 rings (SSSR count). The molecular formula is C40H49N6O10P. The predicted octanol–water partition coefficient (Wildman–Crippen LogP) is 1.91. The molecule has 2 heterocycles. The van der Waals surface area contributed by atoms with Crippen molar-refractivity contribution in [3.8, 4) is 5.75 Å². The van der Waals surface area contributed by atoms with Gasteiger partial charge in [0.05, 0.1) is 0 Å². The highest BCUT2D eigenvalue weighted by Crippen LogP contribution is 2.37. The standard InChI is InChI=1S/C40H49N6O10P/c41-35(47)22-20-31(37(49)42-25-28-10-5-2-6-11-28)44-39(51)34-21-17-29-12-7-13-32(40(52)46(29)34)45-38(50)33(43-36(48)23-16-26-8-3-1-4-9-26)24-27-14-18-30(19-15-27)56-57(53,54)55/h1-6,8-11,14-15,18-19,29,31-34H,7,12-13,16-17,20-25H2,(H2,41,47)(H,42,49)(H,43,48)(H,44,51)(H,45,50)(H2,53,54,55)/t29?,31-,32-,33-,34-/m0/s1. The molecule has 3 aromatic carbocycles. The van der Waals surface area contributed by atoms with Gasteiger partial charge in [-0.1, -0.05) is 72.8 Å². The number of amides is 6. The third-order valence-corrected chi connectivity index (χ3v) is 10.5. The first-order valence-electron chi connectivity index (χ1n) is 19.0. The van der Waals surface area contributed by atoms with Gasteiger partial charge in [-0.15, -0.1) is 0 Å². The molecule has 0 radical (unpaired) electrons. The Morgan fingerprint density at radius 2 is 1.46 bits per heavy atom. The SMILES string of the molecule is NC(=O)CC[C@H](NC(=O)[C@@H]1CCC2CCC[C@H](NC(=O)[C@H](Cc3ccc(OP(=O)(O)O)cc3)NC(=O)CCc3ccccc3)C(=O)N21)C(=O)NCc1ccccc1. The third kappa shape index (κ3) is 13.0. The minimum atomic E-state index is -4.80. The van der Waals surface area contributed by atoms with Gasteiger partial charge in [-0.25, -0.2) is 4.57 Å². The Morgan fingerprint density at radius 3 is 2.11 bits per heavy atom. The summed E-state index contributed by atoms with van der Waals surface area (Å²) >= 11 is 0. The normalized spacial score (nSPS) is 18.9. The summed E-state index contributed by atoms with van der Waals surface area (Å²) in [5.41, 5.74) is 7.68. The molecule has 0 aromatic heterocycles. The highest BCUT2D eigenvalue weighted by atomic mass is 31.2. The van der Waals surface area contributed by atoms with Gasteiger partial charge in [-0.2, -0.15) is 0 Å². The third-order valence-electron chi connectivity index (χ3n) is 10.0. The summed E-state index contributed by atoms with van der Waals surface area (Å²) in [4.78, 5) is 99.9. The smallest absolute Gasteiger partial charge is 0.404 e. The van der Waals surface area contributed by atoms with E-state index in [0.717, 1.165) is 11.1 Å². The fourth-order valence-electron chi connectivity index (χ4n) is 7.19. The number of nitrogens with zero attached hydrogens (tertiary/aromatic N) is 1. The Labute approximate surface area is 330 Å². The summed E-state index contributed by atoms with van der Waals surface area (Å²) in [6.07, 6.45) is 2.63. The number of nitrogens with one attached hydrogen (secondary N) is 4. The first-order valence-corrected chi connectivity index (χ1v) is 20.5. The summed E-state index contributed by atoms with van der Waals surface area (Å²) < 4.78 is 15.9. The minimum Gasteiger partial charge on any atom is -0.404 e. The summed E-state index contributed by atoms with van der Waals surface area (Å²) in [5, 5.41) is 11.2. The zero-order chi connectivity index (χ0) is 41.0. The average molecular weight is 805 g/mol. The van der Waals surface area contributed by atoms with E-state index >= 15 is 0 Å². The van der Waals surface area contributed by atoms with E-state index in [2.05, 4.69) is 25.8 Å². The molecule has 0 bridgehead atoms. The van der Waals surface area contributed by atoms with Crippen molar-refractivity contribution >= 4 is 43.3 Å². The number of hydrogen-bond acceptors (Lipinski definition) is 8. The van der Waals surface area contributed by atoms with Crippen molar-refractivity contribution in [3.63, 3.8) is 0 Å². The molecule has 304 valence electrons. The quantitative estimate of drug-likeness (QED) is 0.0921. The fraction of sp³-hybridized carbons (Fsp3) is 0.400. The molecule has 0 spiro atoms. The summed E-state index contributed by atoms with van der Waals surface area (Å²) in [6, 6.07) is 19.8. The van der Waals surface area contributed by atoms with E-state index in [1.165, 1.54) is 29.2 Å². The van der Waals surface area contributed by atoms with Crippen LogP contribution >= 0.6 is 7.82 Å². The average Bonchev–Trinajstić information content (AvgIpc) is 3.55. The van der Waals surface area contributed by atoms with Crippen molar-refractivity contribution in [1.82, 2.24) is 26.2 Å². The summed E-state index contributed by atoms with van der Waals surface area (Å²) in [6.45, 7) is 0.199. The van der Waals surface area contributed by atoms with Crippen molar-refractivity contribution in [2.45, 2.75) is 101 Å². The van der Waals surface area contributed by atoms with Crippen LogP contribution in [-0.2, 0) is 52.7 Å². The fourth-order valence-corrected chi connectivity index (χ4v) is 7.59. The molecular weight excluding hydrogens is 755 g/mol. The van der Waals surface area contributed by atoms with Crippen molar-refractivity contribution in [3.05, 3.63) is 102 Å². The van der Waals surface area contributed by atoms with Gasteiger partial charge < -0.3 is 36.4 Å². The zero-order valence-corrected chi connectivity index (χ0v) is 32.3. The van der Waals surface area contributed by atoms with Gasteiger partial charge in [0, 0.05) is 31.8 Å². The number of rotatable bonds is 18. The molecule has 2 aliphatic rings. The van der Waals surface area contributed by atoms with E-state index < -0.39 is 67.4 Å². The van der Waals surface area contributed by atoms with Crippen molar-refractivity contribution in [1.29, 1.82) is 0 Å². The number of aryl methyl sites for hydroxylation is 1. The van der Waals surface area contributed by atoms with Crippen LogP contribution in [0.3, 0.4) is 0 Å². The van der Waals surface area contributed by atoms with Crippen LogP contribution in [-0.4, -0.2) is 80.3 Å². The lowest BCUT2D eigenvalue weighted by Crippen LogP contribution is -2.58. The Kier molecular flexibility index (Phi) is 15.0. The molecule has 2 fully saturated rings. The number of hydrogen-bond donors (Lipinski definition) is 7. The minimum absolute atomic E-state index is 0.0175. The van der Waals surface area contributed by atoms with Crippen molar-refractivity contribution < 1.29 is 47.6 Å². The first-order chi connectivity index (χ1) is 27.3. The van der Waals surface area contributed by atoms with Gasteiger partial charge >= 0.3 is 7.82 Å². The summed E-state index contributed by atoms with van der Waals surface area (Å²) in [5.74, 6) is -3.27. The van der Waals surface area contributed by atoms with Crippen LogP contribution < -0.4 is 31.5 Å². The van der Waals surface area contributed by atoms with Gasteiger partial charge in [0.25, 0.3) is 0 Å². The van der Waals surface area contributed by atoms with Gasteiger partial charge in [0.15, 0.2) is 0 Å². The molecule has 17 heteroatoms. The number of phosphoric ester groups is 1. The van der Waals surface area contributed by atoms with Crippen molar-refractivity contribution in [2.24, 2.45) is 5.73 Å². The number of phosphoric acid groups is 1. The Bertz CT molecular complexity index is 1930. The lowest BCUT2D eigenvalue weighted by Gasteiger charge is -2.32. The van der Waals surface area contributed by atoms with Gasteiger partial charge in [0.1, 0.15) is 29.9 Å². The van der Waals surface area contributed by atoms with Crippen LogP contribution in [0.25, 0.3) is 0 Å². The van der Waals surface area contributed by atoms with Crippen LogP contribution in [0, 0.1) is 0 Å². The van der Waals surface area contributed by atoms with E-state index in [1.807, 2.05) is 60.7 Å². The Balaban J connectivity index is 1.28. The monoisotopic (exact) mass is 804 g/mol. The molecule has 6 amide bonds. The van der Waals surface area contributed by atoms with Crippen LogP contribution in [0.15, 0.2) is 84.9 Å². The second kappa shape index (κ2) is 20.0. The van der Waals surface area contributed by atoms with E-state index in [0.29, 0.717) is 37.7 Å². The topological polar surface area (TPSA) is 247 Å². The van der Waals surface area contributed by atoms with Crippen LogP contribution in [0.5, 0.6) is 5.75 Å². The van der Waals surface area contributed by atoms with E-state index in [-0.39, 0.29) is 50.4 Å². The lowest BCUT2D eigenvalue weighted by molar-refractivity contribution is -0.143. The predicted molar refractivity (Wildman–Crippen MR) is 208 cm³/mol. The van der Waals surface area contributed by atoms with Crippen LogP contribution in [0.1, 0.15) is 68.1 Å². The van der Waals surface area contributed by atoms with Gasteiger partial charge in [0.2, 0.25) is 35.4 Å². The van der Waals surface area contributed by atoms with Crippen LogP contribution in [0.4, 0.5) is 0 Å². The number of nitrogens with two attached hydrogens (primary N) is 1. The molecule has 2 saturated heterocycles. The molecule has 16 nitrogen and oxygen atoms in total. The molecule has 3 aromatic rings. The summed E-state index contributed by atoms with van der Waals surface area (Å²) in [7, 11) is -4.80. The van der Waals surface area contributed by atoms with Gasteiger partial charge in [-0.05, 0) is 73.8 Å². The molecule has 1 unspecified atom stereocenters. The maximum Gasteiger partial charge on any atom is 0.524 e. The molecule has 2 aliphatic heterocycles. The highest BCUT2D eigenvalue weighted by molar-refractivity contribution is 7.46. The van der Waals surface area contributed by atoms with Gasteiger partial charge in [-0.3, -0.25) is 38.6 Å². The number of benzene rings is 3. The highest BCUT2D eigenvalue weighted by Gasteiger charge is 2.45. The zero-order valence-electron chi connectivity index (χ0n) is 31.4. The molecule has 0 saturated carbocycles. The molecule has 0 aliphatic carbocycles. The number of fused-ring (bicyclic) bond motifs is 1. The maximum atomic E-state index is 14.2. The molecule has 5 atom stereocenters. The Hall–Kier alpha value is -5.57. The lowest BCUT2D eigenvalue weighted by atomic mass is 10.0. The second-order valence-corrected chi connectivity index (χ2v) is 15.5. The second-order valence-electron chi connectivity index (χ2n) is 14.3. The number of primary amides is 1. The maximum absolute atomic E-state index is 14.2. The molecule has 8 N–H and O–H groups in total. The van der Waals surface area contributed by atoms with E-state index in [4.69, 9.17) is 15.5 Å². The number of carbonyl (C=O) groups excluding carboxylic acids is 6. The molecule has 57 heavy (non-hydrogen) atoms. The van der Waals surface area contributed by atoms with Crippen molar-refractivity contribution in [2.75, 3.05) is 0 Å². The van der Waals surface area contributed by atoms with Crippen LogP contribution in [0.2, 0.25) is 0 Å².